The molecule has 0 aliphatic carbocycles. The molecular formula is C54H79N5O15. The Morgan fingerprint density at radius 2 is 1.28 bits per heavy atom. The smallest absolute Gasteiger partial charge is 0.306 e. The van der Waals surface area contributed by atoms with E-state index in [4.69, 9.17) is 48.5 Å². The number of fused-ring (bicyclic) bond motifs is 6. The van der Waals surface area contributed by atoms with Gasteiger partial charge in [0.25, 0.3) is 0 Å². The quantitative estimate of drug-likeness (QED) is 0.0566. The van der Waals surface area contributed by atoms with Gasteiger partial charge in [-0.1, -0.05) is 34.6 Å². The molecule has 20 heteroatoms. The Kier molecular flexibility index (Phi) is 19.0. The molecule has 410 valence electrons. The molecule has 5 aliphatic rings. The number of aliphatic hydroxyl groups excluding tert-OH is 1. The summed E-state index contributed by atoms with van der Waals surface area (Å²) < 4.78 is 31.6. The van der Waals surface area contributed by atoms with Gasteiger partial charge < -0.3 is 49.3 Å². The number of aliphatic hydroxyl groups is 1. The number of hydrogen-bond donors (Lipinski definition) is 4. The van der Waals surface area contributed by atoms with Crippen molar-refractivity contribution in [2.24, 2.45) is 60.3 Å². The molecule has 1 saturated heterocycles. The minimum absolute atomic E-state index is 0.00166. The van der Waals surface area contributed by atoms with Crippen molar-refractivity contribution in [3.8, 4) is 0 Å². The van der Waals surface area contributed by atoms with Crippen LogP contribution in [0.25, 0.3) is 0 Å². The molecule has 5 rings (SSSR count). The van der Waals surface area contributed by atoms with Gasteiger partial charge in [-0.3, -0.25) is 48.5 Å². The number of aliphatic imine (C=N–C) groups is 3. The Morgan fingerprint density at radius 1 is 0.703 bits per heavy atom. The van der Waals surface area contributed by atoms with Crippen LogP contribution in [0.3, 0.4) is 0 Å². The number of carboxylic acid groups (broad SMARTS) is 1. The van der Waals surface area contributed by atoms with Crippen LogP contribution in [0.4, 0.5) is 0 Å². The molecule has 1 amide bonds. The average molecular weight is 1040 g/mol. The van der Waals surface area contributed by atoms with Crippen molar-refractivity contribution in [2.75, 3.05) is 61.9 Å². The van der Waals surface area contributed by atoms with Crippen LogP contribution in [-0.2, 0) is 62.0 Å². The third-order valence-electron chi connectivity index (χ3n) is 17.2. The zero-order chi connectivity index (χ0) is 55.1. The van der Waals surface area contributed by atoms with Crippen LogP contribution in [0.15, 0.2) is 49.3 Å². The largest absolute Gasteiger partial charge is 0.481 e. The molecule has 20 nitrogen and oxygen atoms in total. The molecule has 0 aromatic carbocycles. The normalized spacial score (nSPS) is 30.6. The molecule has 0 saturated carbocycles. The van der Waals surface area contributed by atoms with Crippen LogP contribution in [-0.4, -0.2) is 143 Å². The monoisotopic (exact) mass is 1040 g/mol. The number of rotatable bonds is 23. The van der Waals surface area contributed by atoms with Crippen LogP contribution < -0.4 is 10.6 Å². The molecule has 1 fully saturated rings. The van der Waals surface area contributed by atoms with E-state index in [1.807, 2.05) is 61.5 Å². The number of amides is 1. The number of nitrogens with zero attached hydrogens (tertiary/aromatic N) is 3. The highest BCUT2D eigenvalue weighted by Gasteiger charge is 2.66. The number of esters is 5. The van der Waals surface area contributed by atoms with Crippen molar-refractivity contribution in [1.29, 1.82) is 0 Å². The van der Waals surface area contributed by atoms with Crippen molar-refractivity contribution in [3.05, 3.63) is 34.3 Å². The number of aliphatic carboxylic acids is 1. The number of carbonyl (C=O) groups is 7. The minimum Gasteiger partial charge on any atom is -0.481 e. The summed E-state index contributed by atoms with van der Waals surface area (Å²) in [4.78, 5) is 111. The minimum atomic E-state index is -1.41. The van der Waals surface area contributed by atoms with E-state index in [0.717, 1.165) is 0 Å². The second-order valence-corrected chi connectivity index (χ2v) is 21.7. The standard InChI is InChI=1S/C54H79N5O15/c1-30-45-33(15-18-40(64)69-9)50(3,4)37(57-45)27-36-32(14-17-38(61)55-22-24-74-25-23-60)52(6,28-39(62)63)48(56-36)31(2)46-34(16-19-41(65)70-10)53(7,29-44(68)73-13)54(8,59-46)49-35(26-43(67)72-12)51(5,47(30)58-49)21-20-42(66)71-11/h27,32-35,49,56,60H,14-26,28-29H2,1-13H3,(H,55,61)(H,62,63)/b36-27?,45-30?,48-31-/t32-,33-,34-,35+,49?,51-,52+,53+,54+/m1/s1. The van der Waals surface area contributed by atoms with Crippen LogP contribution >= 0.6 is 0 Å². The van der Waals surface area contributed by atoms with Gasteiger partial charge in [-0.05, 0) is 63.7 Å². The van der Waals surface area contributed by atoms with E-state index in [1.54, 1.807) is 0 Å². The third-order valence-corrected chi connectivity index (χ3v) is 17.2. The van der Waals surface area contributed by atoms with Crippen molar-refractivity contribution in [3.63, 3.8) is 0 Å². The van der Waals surface area contributed by atoms with Gasteiger partial charge in [0.1, 0.15) is 0 Å². The summed E-state index contributed by atoms with van der Waals surface area (Å²) in [5, 5.41) is 26.5. The summed E-state index contributed by atoms with van der Waals surface area (Å²) in [7, 11) is 6.50. The number of hydrogen-bond acceptors (Lipinski definition) is 18. The fraction of sp³-hybridized carbons (Fsp3) is 0.704. The lowest BCUT2D eigenvalue weighted by Crippen LogP contribution is -2.55. The van der Waals surface area contributed by atoms with Crippen molar-refractivity contribution < 1.29 is 72.2 Å². The SMILES string of the molecule is COC(=O)CC[C@@H]1C2=C(C)C3=NC([C@H](CC(=O)OC)[C@@]3(C)CCC(=O)OC)[C@]3(C)N=C(/C(C)=C4\NC(=CC(=N2)C1(C)C)[C@@H](CCC(=O)NCCOCCO)[C@]4(C)CC(=O)O)[C@@H](CCC(=O)OC)[C@]3(C)CC(=O)OC. The van der Waals surface area contributed by atoms with Crippen LogP contribution in [0, 0.1) is 45.3 Å². The van der Waals surface area contributed by atoms with Gasteiger partial charge in [0.2, 0.25) is 5.91 Å². The first-order chi connectivity index (χ1) is 34.8. The molecule has 0 spiro atoms. The summed E-state index contributed by atoms with van der Waals surface area (Å²) in [6, 6.07) is -0.923. The number of allylic oxidation sites excluding steroid dienone is 6. The van der Waals surface area contributed by atoms with Crippen LogP contribution in [0.5, 0.6) is 0 Å². The van der Waals surface area contributed by atoms with E-state index < -0.39 is 92.7 Å². The fourth-order valence-corrected chi connectivity index (χ4v) is 12.7. The summed E-state index contributed by atoms with van der Waals surface area (Å²) in [6.45, 7) is 15.7. The Hall–Kier alpha value is -5.76. The second-order valence-electron chi connectivity index (χ2n) is 21.7. The van der Waals surface area contributed by atoms with Gasteiger partial charge in [-0.25, -0.2) is 0 Å². The predicted molar refractivity (Wildman–Crippen MR) is 273 cm³/mol. The highest BCUT2D eigenvalue weighted by atomic mass is 16.5. The van der Waals surface area contributed by atoms with Crippen LogP contribution in [0.1, 0.15) is 126 Å². The molecule has 74 heavy (non-hydrogen) atoms. The van der Waals surface area contributed by atoms with Gasteiger partial charge in [0.05, 0.1) is 86.2 Å². The lowest BCUT2D eigenvalue weighted by molar-refractivity contribution is -0.147. The zero-order valence-electron chi connectivity index (χ0n) is 45.6. The maximum absolute atomic E-state index is 14.0. The molecule has 5 aliphatic heterocycles. The Morgan fingerprint density at radius 3 is 1.86 bits per heavy atom. The van der Waals surface area contributed by atoms with E-state index in [2.05, 4.69) is 10.6 Å². The van der Waals surface area contributed by atoms with E-state index >= 15 is 0 Å². The van der Waals surface area contributed by atoms with Gasteiger partial charge >= 0.3 is 35.8 Å². The molecule has 4 N–H and O–H groups in total. The van der Waals surface area contributed by atoms with Gasteiger partial charge in [0, 0.05) is 112 Å². The number of carboxylic acids is 1. The summed E-state index contributed by atoms with van der Waals surface area (Å²) in [5.41, 5.74) is -1.24. The van der Waals surface area contributed by atoms with Crippen molar-refractivity contribution >= 4 is 58.9 Å². The summed E-state index contributed by atoms with van der Waals surface area (Å²) in [6.07, 6.45) is 1.80. The van der Waals surface area contributed by atoms with Crippen LogP contribution in [0.2, 0.25) is 0 Å². The van der Waals surface area contributed by atoms with Crippen molar-refractivity contribution in [2.45, 2.75) is 138 Å². The lowest BCUT2D eigenvalue weighted by atomic mass is 9.55. The molecular weight excluding hydrogens is 959 g/mol. The average Bonchev–Trinajstić information content (AvgIpc) is 3.97. The number of ether oxygens (including phenoxy) is 6. The highest BCUT2D eigenvalue weighted by Crippen LogP contribution is 2.62. The Balaban J connectivity index is 1.97. The molecule has 8 bridgehead atoms. The molecule has 1 unspecified atom stereocenters. The number of methoxy groups -OCH3 is 5. The van der Waals surface area contributed by atoms with E-state index in [-0.39, 0.29) is 96.5 Å². The first-order valence-corrected chi connectivity index (χ1v) is 25.5. The molecule has 5 heterocycles. The van der Waals surface area contributed by atoms with E-state index in [9.17, 15) is 38.7 Å². The summed E-state index contributed by atoms with van der Waals surface area (Å²) >= 11 is 0. The molecule has 0 radical (unpaired) electrons. The second kappa shape index (κ2) is 23.8. The third kappa shape index (κ3) is 11.5. The Labute approximate surface area is 434 Å². The zero-order valence-corrected chi connectivity index (χ0v) is 45.6. The number of carbonyl (C=O) groups excluding carboxylic acids is 6. The number of nitrogens with one attached hydrogen (secondary N) is 2. The van der Waals surface area contributed by atoms with Crippen molar-refractivity contribution in [1.82, 2.24) is 10.6 Å². The predicted octanol–water partition coefficient (Wildman–Crippen LogP) is 5.40. The Bertz CT molecular complexity index is 2420. The molecule has 9 atom stereocenters. The highest BCUT2D eigenvalue weighted by molar-refractivity contribution is 6.10. The first-order valence-electron chi connectivity index (χ1n) is 25.5. The van der Waals surface area contributed by atoms with E-state index in [0.29, 0.717) is 51.8 Å². The lowest BCUT2D eigenvalue weighted by Gasteiger charge is -2.48. The molecule has 0 aromatic heterocycles. The fourth-order valence-electron chi connectivity index (χ4n) is 12.7. The summed E-state index contributed by atoms with van der Waals surface area (Å²) in [5.74, 6) is -6.46. The molecule has 0 aromatic rings. The first kappa shape index (κ1) is 59.1. The van der Waals surface area contributed by atoms with Gasteiger partial charge in [-0.15, -0.1) is 0 Å². The maximum atomic E-state index is 14.0. The van der Waals surface area contributed by atoms with E-state index in [1.165, 1.54) is 35.5 Å². The van der Waals surface area contributed by atoms with Gasteiger partial charge in [0.15, 0.2) is 0 Å². The van der Waals surface area contributed by atoms with Gasteiger partial charge in [-0.2, -0.15) is 0 Å². The maximum Gasteiger partial charge on any atom is 0.306 e. The topological polar surface area (TPSA) is 276 Å².